The summed E-state index contributed by atoms with van der Waals surface area (Å²) in [5.41, 5.74) is 6.02. The molecule has 4 heteroatoms. The van der Waals surface area contributed by atoms with Crippen molar-refractivity contribution < 1.29 is 4.74 Å². The average molecular weight is 244 g/mol. The van der Waals surface area contributed by atoms with Crippen molar-refractivity contribution in [3.8, 4) is 17.6 Å². The van der Waals surface area contributed by atoms with E-state index in [1.807, 2.05) is 0 Å². The smallest absolute Gasteiger partial charge is 0.139 e. The zero-order valence-electron chi connectivity index (χ0n) is 8.31. The summed E-state index contributed by atoms with van der Waals surface area (Å²) in [6.45, 7) is 0.536. The number of hydrogen-bond donors (Lipinski definition) is 1. The Labute approximate surface area is 99.3 Å². The van der Waals surface area contributed by atoms with Crippen LogP contribution in [0.1, 0.15) is 12.0 Å². The Hall–Kier alpha value is -0.880. The van der Waals surface area contributed by atoms with Crippen molar-refractivity contribution in [2.24, 2.45) is 5.73 Å². The Bertz CT molecular complexity index is 407. The lowest BCUT2D eigenvalue weighted by Gasteiger charge is -2.04. The molecule has 80 valence electrons. The molecule has 1 aromatic carbocycles. The van der Waals surface area contributed by atoms with Crippen LogP contribution < -0.4 is 10.5 Å². The fraction of sp³-hybridized carbons (Fsp3) is 0.273. The lowest BCUT2D eigenvalue weighted by atomic mass is 10.2. The molecule has 0 atom stereocenters. The Morgan fingerprint density at radius 3 is 2.67 bits per heavy atom. The van der Waals surface area contributed by atoms with Crippen LogP contribution in [-0.4, -0.2) is 13.7 Å². The van der Waals surface area contributed by atoms with Crippen LogP contribution in [0.2, 0.25) is 10.0 Å². The molecule has 1 aromatic rings. The summed E-state index contributed by atoms with van der Waals surface area (Å²) in [6, 6.07) is 3.34. The third-order valence-electron chi connectivity index (χ3n) is 1.73. The Balaban J connectivity index is 3.01. The van der Waals surface area contributed by atoms with Gasteiger partial charge in [0.15, 0.2) is 0 Å². The quantitative estimate of drug-likeness (QED) is 0.812. The van der Waals surface area contributed by atoms with Gasteiger partial charge in [0.1, 0.15) is 5.75 Å². The Morgan fingerprint density at radius 2 is 2.07 bits per heavy atom. The van der Waals surface area contributed by atoms with E-state index >= 15 is 0 Å². The minimum absolute atomic E-state index is 0.499. The molecule has 0 aromatic heterocycles. The van der Waals surface area contributed by atoms with Crippen molar-refractivity contribution in [1.82, 2.24) is 0 Å². The van der Waals surface area contributed by atoms with Crippen LogP contribution in [0.25, 0.3) is 0 Å². The molecule has 1 rings (SSSR count). The fourth-order valence-electron chi connectivity index (χ4n) is 1.01. The van der Waals surface area contributed by atoms with Gasteiger partial charge in [-0.3, -0.25) is 0 Å². The molecule has 0 aliphatic rings. The van der Waals surface area contributed by atoms with E-state index in [0.717, 1.165) is 0 Å². The highest BCUT2D eigenvalue weighted by atomic mass is 35.5. The second-order valence-electron chi connectivity index (χ2n) is 2.81. The molecular weight excluding hydrogens is 233 g/mol. The molecule has 0 aliphatic carbocycles. The van der Waals surface area contributed by atoms with E-state index in [-0.39, 0.29) is 0 Å². The van der Waals surface area contributed by atoms with Gasteiger partial charge in [-0.2, -0.15) is 0 Å². The molecule has 0 saturated carbocycles. The first-order valence-corrected chi connectivity index (χ1v) is 5.16. The lowest BCUT2D eigenvalue weighted by molar-refractivity contribution is 0.415. The van der Waals surface area contributed by atoms with Crippen molar-refractivity contribution >= 4 is 23.2 Å². The molecule has 2 nitrogen and oxygen atoms in total. The van der Waals surface area contributed by atoms with E-state index in [4.69, 9.17) is 33.7 Å². The van der Waals surface area contributed by atoms with Crippen molar-refractivity contribution in [2.75, 3.05) is 13.7 Å². The summed E-state index contributed by atoms with van der Waals surface area (Å²) in [6.07, 6.45) is 0.639. The molecule has 0 heterocycles. The third kappa shape index (κ3) is 3.32. The van der Waals surface area contributed by atoms with E-state index in [9.17, 15) is 0 Å². The topological polar surface area (TPSA) is 35.2 Å². The third-order valence-corrected chi connectivity index (χ3v) is 2.34. The predicted octanol–water partition coefficient (Wildman–Crippen LogP) is 2.70. The molecule has 0 fully saturated rings. The molecule has 0 unspecified atom stereocenters. The van der Waals surface area contributed by atoms with Crippen molar-refractivity contribution in [2.45, 2.75) is 6.42 Å². The maximum Gasteiger partial charge on any atom is 0.139 e. The van der Waals surface area contributed by atoms with Crippen LogP contribution >= 0.6 is 23.2 Å². The van der Waals surface area contributed by atoms with Crippen LogP contribution in [0.15, 0.2) is 12.1 Å². The largest absolute Gasteiger partial charge is 0.495 e. The van der Waals surface area contributed by atoms with Crippen LogP contribution in [0.5, 0.6) is 5.75 Å². The number of rotatable bonds is 2. The molecule has 0 radical (unpaired) electrons. The number of methoxy groups -OCH3 is 1. The molecule has 0 aliphatic heterocycles. The summed E-state index contributed by atoms with van der Waals surface area (Å²) < 4.78 is 5.02. The van der Waals surface area contributed by atoms with Gasteiger partial charge in [-0.15, -0.1) is 0 Å². The molecule has 15 heavy (non-hydrogen) atoms. The minimum Gasteiger partial charge on any atom is -0.495 e. The van der Waals surface area contributed by atoms with Gasteiger partial charge >= 0.3 is 0 Å². The fourth-order valence-corrected chi connectivity index (χ4v) is 1.45. The molecule has 2 N–H and O–H groups in total. The van der Waals surface area contributed by atoms with Gasteiger partial charge in [0, 0.05) is 24.6 Å². The number of nitrogens with two attached hydrogens (primary N) is 1. The van der Waals surface area contributed by atoms with Gasteiger partial charge in [0.2, 0.25) is 0 Å². The van der Waals surface area contributed by atoms with Crippen LogP contribution in [0, 0.1) is 11.8 Å². The number of hydrogen-bond acceptors (Lipinski definition) is 2. The van der Waals surface area contributed by atoms with E-state index in [2.05, 4.69) is 11.8 Å². The van der Waals surface area contributed by atoms with E-state index in [0.29, 0.717) is 34.3 Å². The lowest BCUT2D eigenvalue weighted by Crippen LogP contribution is -1.95. The normalized spacial score (nSPS) is 9.33. The van der Waals surface area contributed by atoms with Gasteiger partial charge < -0.3 is 10.5 Å². The number of ether oxygens (including phenoxy) is 1. The predicted molar refractivity (Wildman–Crippen MR) is 63.6 cm³/mol. The summed E-state index contributed by atoms with van der Waals surface area (Å²) >= 11 is 11.9. The highest BCUT2D eigenvalue weighted by Gasteiger charge is 2.05. The summed E-state index contributed by atoms with van der Waals surface area (Å²) in [7, 11) is 1.54. The summed E-state index contributed by atoms with van der Waals surface area (Å²) in [5.74, 6) is 6.35. The summed E-state index contributed by atoms with van der Waals surface area (Å²) in [4.78, 5) is 0. The van der Waals surface area contributed by atoms with E-state index in [1.165, 1.54) is 7.11 Å². The highest BCUT2D eigenvalue weighted by molar-refractivity contribution is 6.35. The van der Waals surface area contributed by atoms with Gasteiger partial charge in [-0.05, 0) is 6.07 Å². The second-order valence-corrected chi connectivity index (χ2v) is 3.62. The van der Waals surface area contributed by atoms with Crippen LogP contribution in [0.4, 0.5) is 0 Å². The Kier molecular flexibility index (Phi) is 4.77. The van der Waals surface area contributed by atoms with Gasteiger partial charge in [-0.1, -0.05) is 35.0 Å². The standard InChI is InChI=1S/C11H11Cl2NO/c1-15-11-7-9(12)8(6-10(11)13)4-2-3-5-14/h6-7H,3,5,14H2,1H3. The zero-order valence-corrected chi connectivity index (χ0v) is 9.82. The Morgan fingerprint density at radius 1 is 1.33 bits per heavy atom. The highest BCUT2D eigenvalue weighted by Crippen LogP contribution is 2.30. The zero-order chi connectivity index (χ0) is 11.3. The van der Waals surface area contributed by atoms with Gasteiger partial charge in [-0.25, -0.2) is 0 Å². The van der Waals surface area contributed by atoms with Crippen molar-refractivity contribution in [1.29, 1.82) is 0 Å². The molecule has 0 spiro atoms. The second kappa shape index (κ2) is 5.87. The monoisotopic (exact) mass is 243 g/mol. The van der Waals surface area contributed by atoms with Gasteiger partial charge in [0.25, 0.3) is 0 Å². The van der Waals surface area contributed by atoms with Crippen molar-refractivity contribution in [3.63, 3.8) is 0 Å². The van der Waals surface area contributed by atoms with Crippen LogP contribution in [-0.2, 0) is 0 Å². The van der Waals surface area contributed by atoms with Crippen LogP contribution in [0.3, 0.4) is 0 Å². The maximum atomic E-state index is 5.99. The molecule has 0 saturated heterocycles. The summed E-state index contributed by atoms with van der Waals surface area (Å²) in [5, 5.41) is 1.03. The molecular formula is C11H11Cl2NO. The first kappa shape index (κ1) is 12.2. The minimum atomic E-state index is 0.499. The first-order valence-electron chi connectivity index (χ1n) is 4.41. The van der Waals surface area contributed by atoms with E-state index in [1.54, 1.807) is 12.1 Å². The SMILES string of the molecule is COc1cc(Cl)c(C#CCCN)cc1Cl. The first-order chi connectivity index (χ1) is 7.19. The van der Waals surface area contributed by atoms with Gasteiger partial charge in [0.05, 0.1) is 17.2 Å². The molecule has 0 bridgehead atoms. The molecule has 0 amide bonds. The average Bonchev–Trinajstić information content (AvgIpc) is 2.23. The number of benzene rings is 1. The number of halogens is 2. The van der Waals surface area contributed by atoms with E-state index < -0.39 is 0 Å². The maximum absolute atomic E-state index is 5.99. The van der Waals surface area contributed by atoms with Crippen molar-refractivity contribution in [3.05, 3.63) is 27.7 Å².